The van der Waals surface area contributed by atoms with Gasteiger partial charge in [-0.15, -0.1) is 0 Å². The lowest BCUT2D eigenvalue weighted by atomic mass is 10.3. The van der Waals surface area contributed by atoms with Gasteiger partial charge in [0.2, 0.25) is 0 Å². The van der Waals surface area contributed by atoms with Gasteiger partial charge in [0, 0.05) is 13.2 Å². The van der Waals surface area contributed by atoms with Gasteiger partial charge in [0.05, 0.1) is 5.69 Å². The van der Waals surface area contributed by atoms with Gasteiger partial charge in [0.1, 0.15) is 0 Å². The van der Waals surface area contributed by atoms with Gasteiger partial charge in [-0.1, -0.05) is 0 Å². The van der Waals surface area contributed by atoms with E-state index in [2.05, 4.69) is 16.7 Å². The van der Waals surface area contributed by atoms with E-state index in [1.165, 1.54) is 16.9 Å². The molecule has 0 saturated carbocycles. The Hall–Kier alpha value is -0.680. The summed E-state index contributed by atoms with van der Waals surface area (Å²) in [5.41, 5.74) is -0.141. The Morgan fingerprint density at radius 2 is 2.33 bits per heavy atom. The molecular formula is C6H7ClF2N2O. The fourth-order valence-corrected chi connectivity index (χ4v) is 0.858. The molecular weight excluding hydrogens is 190 g/mol. The molecule has 0 saturated heterocycles. The first-order valence-corrected chi connectivity index (χ1v) is 3.53. The smallest absolute Gasteiger partial charge is 0.352 e. The minimum absolute atomic E-state index is 0.141. The Bertz CT molecular complexity index is 271. The van der Waals surface area contributed by atoms with E-state index >= 15 is 0 Å². The number of halogens is 3. The highest BCUT2D eigenvalue weighted by Crippen LogP contribution is 2.33. The monoisotopic (exact) mass is 196 g/mol. The lowest BCUT2D eigenvalue weighted by molar-refractivity contribution is -0.0448. The Kier molecular flexibility index (Phi) is 2.34. The second-order valence-corrected chi connectivity index (χ2v) is 2.86. The molecule has 1 N–H and O–H groups in total. The van der Waals surface area contributed by atoms with Crippen LogP contribution in [0, 0.1) is 0 Å². The second kappa shape index (κ2) is 2.99. The number of hydrogen-bond acceptors (Lipinski definition) is 2. The summed E-state index contributed by atoms with van der Waals surface area (Å²) in [6.45, 7) is 0. The van der Waals surface area contributed by atoms with Crippen molar-refractivity contribution in [1.29, 1.82) is 0 Å². The third kappa shape index (κ3) is 1.92. The van der Waals surface area contributed by atoms with Crippen LogP contribution in [0.25, 0.3) is 0 Å². The zero-order chi connectivity index (χ0) is 9.35. The maximum atomic E-state index is 12.3. The first-order chi connectivity index (χ1) is 5.41. The lowest BCUT2D eigenvalue weighted by Crippen LogP contribution is -2.19. The molecule has 0 fully saturated rings. The maximum absolute atomic E-state index is 12.3. The number of aryl methyl sites for hydroxylation is 1. The van der Waals surface area contributed by atoms with Crippen molar-refractivity contribution >= 4 is 11.6 Å². The first kappa shape index (κ1) is 9.41. The van der Waals surface area contributed by atoms with Crippen molar-refractivity contribution in [3.8, 4) is 0 Å². The lowest BCUT2D eigenvalue weighted by Gasteiger charge is -2.12. The molecule has 1 aromatic rings. The molecule has 0 aliphatic heterocycles. The normalized spacial score (nSPS) is 14.8. The van der Waals surface area contributed by atoms with Crippen LogP contribution in [0.3, 0.4) is 0 Å². The molecule has 6 heteroatoms. The van der Waals surface area contributed by atoms with Gasteiger partial charge in [-0.05, 0) is 17.7 Å². The van der Waals surface area contributed by atoms with Gasteiger partial charge in [0.25, 0.3) is 0 Å². The van der Waals surface area contributed by atoms with Gasteiger partial charge in [-0.3, -0.25) is 4.68 Å². The predicted octanol–water partition coefficient (Wildman–Crippen LogP) is 1.29. The van der Waals surface area contributed by atoms with E-state index < -0.39 is 11.5 Å². The van der Waals surface area contributed by atoms with Crippen molar-refractivity contribution in [2.45, 2.75) is 11.5 Å². The van der Waals surface area contributed by atoms with E-state index in [-0.39, 0.29) is 5.69 Å². The molecule has 1 aromatic heterocycles. The molecule has 0 spiro atoms. The summed E-state index contributed by atoms with van der Waals surface area (Å²) in [6, 6.07) is 1.28. The zero-order valence-electron chi connectivity index (χ0n) is 6.21. The van der Waals surface area contributed by atoms with E-state index in [1.807, 2.05) is 0 Å². The molecule has 12 heavy (non-hydrogen) atoms. The Labute approximate surface area is 72.6 Å². The van der Waals surface area contributed by atoms with Gasteiger partial charge in [-0.25, -0.2) is 0 Å². The van der Waals surface area contributed by atoms with Crippen molar-refractivity contribution in [2.75, 3.05) is 0 Å². The molecule has 1 rings (SSSR count). The highest BCUT2D eigenvalue weighted by atomic mass is 35.5. The summed E-state index contributed by atoms with van der Waals surface area (Å²) in [4.78, 5) is 0. The molecule has 0 aromatic carbocycles. The number of aliphatic hydroxyl groups is 1. The zero-order valence-corrected chi connectivity index (χ0v) is 6.96. The van der Waals surface area contributed by atoms with Crippen LogP contribution in [0.4, 0.5) is 8.78 Å². The Morgan fingerprint density at radius 1 is 1.75 bits per heavy atom. The average Bonchev–Trinajstić information content (AvgIpc) is 2.32. The molecule has 0 bridgehead atoms. The van der Waals surface area contributed by atoms with Crippen LogP contribution < -0.4 is 0 Å². The van der Waals surface area contributed by atoms with Crippen LogP contribution in [0.1, 0.15) is 11.8 Å². The van der Waals surface area contributed by atoms with Crippen LogP contribution in [-0.4, -0.2) is 20.3 Å². The Balaban J connectivity index is 2.85. The second-order valence-electron chi connectivity index (χ2n) is 2.36. The van der Waals surface area contributed by atoms with Crippen LogP contribution in [-0.2, 0) is 7.05 Å². The SMILES string of the molecule is Cn1ccc(C(O)C(F)(F)Cl)n1. The van der Waals surface area contributed by atoms with Crippen molar-refractivity contribution in [3.63, 3.8) is 0 Å². The number of alkyl halides is 3. The topological polar surface area (TPSA) is 38.0 Å². The van der Waals surface area contributed by atoms with Crippen LogP contribution >= 0.6 is 11.6 Å². The van der Waals surface area contributed by atoms with Crippen molar-refractivity contribution < 1.29 is 13.9 Å². The number of rotatable bonds is 2. The largest absolute Gasteiger partial charge is 0.379 e. The third-order valence-corrected chi connectivity index (χ3v) is 1.53. The van der Waals surface area contributed by atoms with Gasteiger partial charge < -0.3 is 5.11 Å². The number of aliphatic hydroxyl groups excluding tert-OH is 1. The molecule has 0 radical (unpaired) electrons. The van der Waals surface area contributed by atoms with E-state index in [9.17, 15) is 8.78 Å². The fraction of sp³-hybridized carbons (Fsp3) is 0.500. The van der Waals surface area contributed by atoms with Crippen molar-refractivity contribution in [3.05, 3.63) is 18.0 Å². The van der Waals surface area contributed by atoms with Crippen LogP contribution in [0.2, 0.25) is 0 Å². The van der Waals surface area contributed by atoms with Gasteiger partial charge >= 0.3 is 5.38 Å². The molecule has 1 heterocycles. The highest BCUT2D eigenvalue weighted by molar-refractivity contribution is 6.22. The van der Waals surface area contributed by atoms with Crippen molar-refractivity contribution in [1.82, 2.24) is 9.78 Å². The molecule has 3 nitrogen and oxygen atoms in total. The van der Waals surface area contributed by atoms with Crippen LogP contribution in [0.5, 0.6) is 0 Å². The molecule has 1 unspecified atom stereocenters. The number of nitrogens with zero attached hydrogens (tertiary/aromatic N) is 2. The number of aromatic nitrogens is 2. The van der Waals surface area contributed by atoms with E-state index in [1.54, 1.807) is 7.05 Å². The number of hydrogen-bond donors (Lipinski definition) is 1. The van der Waals surface area contributed by atoms with E-state index in [0.717, 1.165) is 0 Å². The molecule has 0 aliphatic rings. The Morgan fingerprint density at radius 3 is 2.67 bits per heavy atom. The molecule has 0 aliphatic carbocycles. The summed E-state index contributed by atoms with van der Waals surface area (Å²) < 4.78 is 25.9. The summed E-state index contributed by atoms with van der Waals surface area (Å²) in [6.07, 6.45) is -0.610. The fourth-order valence-electron chi connectivity index (χ4n) is 0.747. The third-order valence-electron chi connectivity index (χ3n) is 1.32. The average molecular weight is 197 g/mol. The summed E-state index contributed by atoms with van der Waals surface area (Å²) in [5.74, 6) is 0. The predicted molar refractivity (Wildman–Crippen MR) is 39.0 cm³/mol. The van der Waals surface area contributed by atoms with Gasteiger partial charge in [0.15, 0.2) is 6.10 Å². The molecule has 0 amide bonds. The molecule has 68 valence electrons. The quantitative estimate of drug-likeness (QED) is 0.724. The minimum Gasteiger partial charge on any atom is -0.379 e. The van der Waals surface area contributed by atoms with Crippen LogP contribution in [0.15, 0.2) is 12.3 Å². The van der Waals surface area contributed by atoms with Crippen molar-refractivity contribution in [2.24, 2.45) is 7.05 Å². The molecule has 1 atom stereocenters. The van der Waals surface area contributed by atoms with E-state index in [0.29, 0.717) is 0 Å². The standard InChI is InChI=1S/C6H7ClF2N2O/c1-11-3-2-4(10-11)5(12)6(7,8)9/h2-3,5,12H,1H3. The summed E-state index contributed by atoms with van der Waals surface area (Å²) >= 11 is 4.59. The highest BCUT2D eigenvalue weighted by Gasteiger charge is 2.38. The van der Waals surface area contributed by atoms with Gasteiger partial charge in [-0.2, -0.15) is 13.9 Å². The summed E-state index contributed by atoms with van der Waals surface area (Å²) in [7, 11) is 1.56. The summed E-state index contributed by atoms with van der Waals surface area (Å²) in [5, 5.41) is 8.82. The first-order valence-electron chi connectivity index (χ1n) is 3.15. The van der Waals surface area contributed by atoms with E-state index in [4.69, 9.17) is 5.11 Å². The minimum atomic E-state index is -3.67. The maximum Gasteiger partial charge on any atom is 0.352 e.